The van der Waals surface area contributed by atoms with Crippen LogP contribution in [-0.4, -0.2) is 196 Å². The van der Waals surface area contributed by atoms with E-state index in [1.165, 1.54) is 0 Å². The summed E-state index contributed by atoms with van der Waals surface area (Å²) in [5, 5.41) is 74.2. The molecule has 452 valence electrons. The molecule has 79 heavy (non-hydrogen) atoms. The Labute approximate surface area is 461 Å². The molecule has 0 radical (unpaired) electrons. The SMILES string of the molecule is CC(C)C[C@H](NC(=O)[C@H](CO)NC(=O)[C@H](CO)NC(=O)CNC(=O)[C@H](CC(C)C)NC(=O)[C@@H](NC(=O)[C@@H](N)CC(C)C)C(C)C)C(=O)N[C@H](C(=O)N[C@@H](CC(C)C)C(=O)NCC(=O)N[C@@H](CO)C(=O)N[C@@H](CO)C(=O)O)C(C)C. The van der Waals surface area contributed by atoms with Crippen LogP contribution in [-0.2, 0) is 57.5 Å². The fourth-order valence-corrected chi connectivity index (χ4v) is 7.49. The van der Waals surface area contributed by atoms with Gasteiger partial charge in [0.15, 0.2) is 0 Å². The highest BCUT2D eigenvalue weighted by Gasteiger charge is 2.36. The number of aliphatic carboxylic acids is 1. The summed E-state index contributed by atoms with van der Waals surface area (Å²) < 4.78 is 0. The van der Waals surface area contributed by atoms with Crippen molar-refractivity contribution in [2.75, 3.05) is 39.5 Å². The topological polar surface area (TPSA) is 464 Å². The Balaban J connectivity index is 5.95. The monoisotopic (exact) mass is 1130 g/mol. The minimum absolute atomic E-state index is 0.0261. The van der Waals surface area contributed by atoms with E-state index in [0.29, 0.717) is 6.42 Å². The third kappa shape index (κ3) is 27.7. The van der Waals surface area contributed by atoms with Crippen LogP contribution >= 0.6 is 0 Å². The molecule has 0 aliphatic heterocycles. The Bertz CT molecular complexity index is 2060. The van der Waals surface area contributed by atoms with Crippen LogP contribution in [0.3, 0.4) is 0 Å². The zero-order valence-corrected chi connectivity index (χ0v) is 47.5. The molecule has 0 aromatic carbocycles. The molecule has 29 heteroatoms. The second-order valence-corrected chi connectivity index (χ2v) is 21.6. The van der Waals surface area contributed by atoms with Gasteiger partial charge in [0.1, 0.15) is 54.4 Å². The second kappa shape index (κ2) is 36.6. The van der Waals surface area contributed by atoms with Crippen molar-refractivity contribution >= 4 is 70.9 Å². The summed E-state index contributed by atoms with van der Waals surface area (Å²) in [6, 6.07) is -13.9. The number of nitrogens with one attached hydrogen (secondary N) is 11. The number of carbonyl (C=O) groups is 12. The molecular formula is C50H90N12O17. The van der Waals surface area contributed by atoms with Crippen LogP contribution in [0.15, 0.2) is 0 Å². The summed E-state index contributed by atoms with van der Waals surface area (Å²) in [6.07, 6.45) is 0.516. The zero-order valence-electron chi connectivity index (χ0n) is 47.5. The molecule has 0 aromatic rings. The average Bonchev–Trinajstić information content (AvgIpc) is 3.35. The number of aliphatic hydroxyl groups is 4. The molecule has 10 atom stereocenters. The van der Waals surface area contributed by atoms with Crippen molar-refractivity contribution in [2.24, 2.45) is 41.2 Å². The highest BCUT2D eigenvalue weighted by atomic mass is 16.4. The fraction of sp³-hybridized carbons (Fsp3) is 0.760. The summed E-state index contributed by atoms with van der Waals surface area (Å²) >= 11 is 0. The summed E-state index contributed by atoms with van der Waals surface area (Å²) in [6.45, 7) is 15.4. The van der Waals surface area contributed by atoms with Gasteiger partial charge < -0.3 is 89.8 Å². The maximum absolute atomic E-state index is 13.9. The van der Waals surface area contributed by atoms with Gasteiger partial charge in [0, 0.05) is 0 Å². The lowest BCUT2D eigenvalue weighted by molar-refractivity contribution is -0.143. The molecule has 0 aliphatic carbocycles. The van der Waals surface area contributed by atoms with Gasteiger partial charge in [-0.3, -0.25) is 52.7 Å². The van der Waals surface area contributed by atoms with Gasteiger partial charge in [-0.05, 0) is 61.2 Å². The van der Waals surface area contributed by atoms with Crippen molar-refractivity contribution in [3.63, 3.8) is 0 Å². The molecule has 0 aliphatic rings. The number of carbonyl (C=O) groups excluding carboxylic acids is 11. The molecule has 29 nitrogen and oxygen atoms in total. The zero-order chi connectivity index (χ0) is 61.0. The van der Waals surface area contributed by atoms with Gasteiger partial charge in [0.25, 0.3) is 0 Å². The van der Waals surface area contributed by atoms with Gasteiger partial charge in [0.05, 0.1) is 45.6 Å². The number of rotatable bonds is 37. The van der Waals surface area contributed by atoms with Crippen molar-refractivity contribution in [1.82, 2.24) is 58.5 Å². The summed E-state index contributed by atoms with van der Waals surface area (Å²) in [5.74, 6) is -12.9. The van der Waals surface area contributed by atoms with Crippen molar-refractivity contribution in [3.05, 3.63) is 0 Å². The first kappa shape index (κ1) is 72.4. The van der Waals surface area contributed by atoms with E-state index in [2.05, 4.69) is 53.2 Å². The predicted molar refractivity (Wildman–Crippen MR) is 285 cm³/mol. The van der Waals surface area contributed by atoms with Crippen LogP contribution in [0.5, 0.6) is 0 Å². The van der Waals surface area contributed by atoms with Crippen molar-refractivity contribution in [2.45, 2.75) is 169 Å². The molecule has 18 N–H and O–H groups in total. The first-order valence-electron chi connectivity index (χ1n) is 26.4. The smallest absolute Gasteiger partial charge is 0.328 e. The van der Waals surface area contributed by atoms with Gasteiger partial charge >= 0.3 is 5.97 Å². The van der Waals surface area contributed by atoms with Gasteiger partial charge in [-0.2, -0.15) is 0 Å². The van der Waals surface area contributed by atoms with Gasteiger partial charge in [-0.1, -0.05) is 83.1 Å². The maximum atomic E-state index is 13.9. The Morgan fingerprint density at radius 3 is 0.899 bits per heavy atom. The molecular weight excluding hydrogens is 1040 g/mol. The number of hydrogen-bond donors (Lipinski definition) is 17. The van der Waals surface area contributed by atoms with Crippen LogP contribution in [0.4, 0.5) is 0 Å². The molecule has 0 spiro atoms. The van der Waals surface area contributed by atoms with E-state index in [1.54, 1.807) is 69.2 Å². The molecule has 0 saturated carbocycles. The van der Waals surface area contributed by atoms with E-state index in [-0.39, 0.29) is 42.9 Å². The quantitative estimate of drug-likeness (QED) is 0.0276. The van der Waals surface area contributed by atoms with Crippen LogP contribution in [0.1, 0.15) is 109 Å². The highest BCUT2D eigenvalue weighted by Crippen LogP contribution is 2.13. The first-order valence-corrected chi connectivity index (χ1v) is 26.4. The lowest BCUT2D eigenvalue weighted by Crippen LogP contribution is -2.61. The van der Waals surface area contributed by atoms with E-state index in [1.807, 2.05) is 19.2 Å². The number of nitrogens with two attached hydrogens (primary N) is 1. The number of aliphatic hydroxyl groups excluding tert-OH is 4. The molecule has 11 amide bonds. The molecule has 0 rings (SSSR count). The lowest BCUT2D eigenvalue weighted by atomic mass is 9.98. The number of carboxylic acid groups (broad SMARTS) is 1. The number of amides is 11. The average molecular weight is 1130 g/mol. The van der Waals surface area contributed by atoms with E-state index >= 15 is 0 Å². The van der Waals surface area contributed by atoms with Crippen molar-refractivity contribution in [1.29, 1.82) is 0 Å². The first-order chi connectivity index (χ1) is 36.7. The third-order valence-electron chi connectivity index (χ3n) is 11.7. The van der Waals surface area contributed by atoms with Crippen LogP contribution < -0.4 is 64.2 Å². The van der Waals surface area contributed by atoms with Crippen LogP contribution in [0.2, 0.25) is 0 Å². The van der Waals surface area contributed by atoms with E-state index in [4.69, 9.17) is 10.8 Å². The summed E-state index contributed by atoms with van der Waals surface area (Å²) in [5.41, 5.74) is 6.01. The van der Waals surface area contributed by atoms with E-state index < -0.39 is 183 Å². The molecule has 0 bridgehead atoms. The van der Waals surface area contributed by atoms with E-state index in [9.17, 15) is 78.0 Å². The molecule has 0 saturated heterocycles. The van der Waals surface area contributed by atoms with Gasteiger partial charge in [0.2, 0.25) is 65.0 Å². The molecule has 0 unspecified atom stereocenters. The highest BCUT2D eigenvalue weighted by molar-refractivity contribution is 5.98. The third-order valence-corrected chi connectivity index (χ3v) is 11.7. The van der Waals surface area contributed by atoms with Crippen molar-refractivity contribution in [3.8, 4) is 0 Å². The van der Waals surface area contributed by atoms with Gasteiger partial charge in [-0.25, -0.2) is 4.79 Å². The molecule has 0 fully saturated rings. The van der Waals surface area contributed by atoms with Crippen molar-refractivity contribution < 1.29 is 83.1 Å². The Kier molecular flexibility index (Phi) is 33.5. The maximum Gasteiger partial charge on any atom is 0.328 e. The number of hydrogen-bond acceptors (Lipinski definition) is 17. The van der Waals surface area contributed by atoms with Gasteiger partial charge in [-0.15, -0.1) is 0 Å². The largest absolute Gasteiger partial charge is 0.480 e. The normalized spacial score (nSPS) is 15.2. The Morgan fingerprint density at radius 1 is 0.329 bits per heavy atom. The number of carboxylic acids is 1. The molecule has 0 aromatic heterocycles. The fourth-order valence-electron chi connectivity index (χ4n) is 7.49. The summed E-state index contributed by atoms with van der Waals surface area (Å²) in [7, 11) is 0. The van der Waals surface area contributed by atoms with Crippen LogP contribution in [0, 0.1) is 35.5 Å². The molecule has 0 heterocycles. The predicted octanol–water partition coefficient (Wildman–Crippen LogP) is -5.54. The minimum Gasteiger partial charge on any atom is -0.480 e. The van der Waals surface area contributed by atoms with E-state index in [0.717, 1.165) is 0 Å². The minimum atomic E-state index is -1.75. The standard InChI is InChI=1S/C50H90N12O17/c1-23(2)13-29(51)41(69)61-39(27(9)10)48(76)57-30(14-24(3)4)42(70)52-17-37(67)54-33(19-63)45(73)59-35(21-65)47(75)56-32(16-26(7)8)44(72)62-40(28(11)12)49(77)58-31(15-25(5)6)43(71)53-18-38(68)55-34(20-64)46(74)60-36(22-66)50(78)79/h23-36,39-40,63-66H,13-22,51H2,1-12H3,(H,52,70)(H,53,71)(H,54,67)(H,55,68)(H,56,75)(H,57,76)(H,58,77)(H,59,73)(H,60,74)(H,61,69)(H,62,72)(H,78,79)/t29-,30-,31-,32-,33-,34-,35-,36-,39-,40-/m0/s1. The second-order valence-electron chi connectivity index (χ2n) is 21.6. The lowest BCUT2D eigenvalue weighted by Gasteiger charge is -2.29. The Morgan fingerprint density at radius 2 is 0.595 bits per heavy atom. The van der Waals surface area contributed by atoms with Crippen LogP contribution in [0.25, 0.3) is 0 Å². The Hall–Kier alpha value is -6.56. The summed E-state index contributed by atoms with van der Waals surface area (Å²) in [4.78, 5) is 157.